The molecule has 0 saturated heterocycles. The van der Waals surface area contributed by atoms with Crippen molar-refractivity contribution in [3.8, 4) is 0 Å². The first kappa shape index (κ1) is 20.2. The molecule has 0 radical (unpaired) electrons. The minimum atomic E-state index is -1.71. The molecule has 0 amide bonds. The normalized spacial score (nSPS) is 30.3. The number of carbonyl (C=O) groups is 3. The van der Waals surface area contributed by atoms with Gasteiger partial charge in [0.25, 0.3) is 0 Å². The van der Waals surface area contributed by atoms with E-state index in [2.05, 4.69) is 0 Å². The molecule has 2 aliphatic rings. The van der Waals surface area contributed by atoms with Crippen molar-refractivity contribution in [1.29, 1.82) is 0 Å². The highest BCUT2D eigenvalue weighted by Crippen LogP contribution is 2.63. The highest BCUT2D eigenvalue weighted by Gasteiger charge is 2.73. The third-order valence-electron chi connectivity index (χ3n) is 6.44. The summed E-state index contributed by atoms with van der Waals surface area (Å²) in [7, 11) is 2.28. The molecule has 2 bridgehead atoms. The Bertz CT molecular complexity index is 951. The Labute approximate surface area is 172 Å². The average Bonchev–Trinajstić information content (AvgIpc) is 3.00. The number of Topliss-reactive ketones (excluding diaryl/α,β-unsaturated/α-hetero) is 1. The van der Waals surface area contributed by atoms with E-state index in [0.717, 1.165) is 14.2 Å². The van der Waals surface area contributed by atoms with Gasteiger partial charge in [-0.3, -0.25) is 14.4 Å². The Kier molecular flexibility index (Phi) is 4.93. The first-order valence-electron chi connectivity index (χ1n) is 9.48. The van der Waals surface area contributed by atoms with Gasteiger partial charge in [0.15, 0.2) is 11.3 Å². The lowest BCUT2D eigenvalue weighted by atomic mass is 9.57. The van der Waals surface area contributed by atoms with Crippen molar-refractivity contribution in [1.82, 2.24) is 0 Å². The lowest BCUT2D eigenvalue weighted by molar-refractivity contribution is -1.10. The van der Waals surface area contributed by atoms with Crippen LogP contribution in [0.25, 0.3) is 0 Å². The van der Waals surface area contributed by atoms with E-state index in [0.29, 0.717) is 16.7 Å². The van der Waals surface area contributed by atoms with E-state index in [1.165, 1.54) is 0 Å². The van der Waals surface area contributed by atoms with Gasteiger partial charge in [0.2, 0.25) is 0 Å². The number of hydrogen-bond donors (Lipinski definition) is 2. The molecule has 0 aliphatic heterocycles. The van der Waals surface area contributed by atoms with E-state index in [-0.39, 0.29) is 0 Å². The van der Waals surface area contributed by atoms with Crippen molar-refractivity contribution >= 4 is 17.7 Å². The second-order valence-corrected chi connectivity index (χ2v) is 7.53. The number of benzene rings is 2. The zero-order valence-corrected chi connectivity index (χ0v) is 16.4. The van der Waals surface area contributed by atoms with Crippen molar-refractivity contribution in [2.75, 3.05) is 14.2 Å². The Balaban J connectivity index is 2.12. The summed E-state index contributed by atoms with van der Waals surface area (Å²) in [5.41, 5.74) is -0.178. The van der Waals surface area contributed by atoms with Crippen molar-refractivity contribution in [3.05, 3.63) is 76.5 Å². The van der Waals surface area contributed by atoms with Gasteiger partial charge in [0.1, 0.15) is 11.8 Å². The predicted octanol–water partition coefficient (Wildman–Crippen LogP) is 0.696. The van der Waals surface area contributed by atoms with E-state index in [4.69, 9.17) is 9.47 Å². The fourth-order valence-corrected chi connectivity index (χ4v) is 5.39. The van der Waals surface area contributed by atoms with Crippen LogP contribution in [-0.4, -0.2) is 37.1 Å². The van der Waals surface area contributed by atoms with Gasteiger partial charge in [-0.05, 0) is 11.1 Å². The van der Waals surface area contributed by atoms with Crippen LogP contribution in [0.1, 0.15) is 28.5 Å². The summed E-state index contributed by atoms with van der Waals surface area (Å²) in [6.45, 7) is 0. The number of hydrogen-bond acceptors (Lipinski definition) is 7. The van der Waals surface area contributed by atoms with Crippen LogP contribution in [0, 0.1) is 17.0 Å². The molecule has 0 spiro atoms. The molecule has 8 heteroatoms. The molecule has 30 heavy (non-hydrogen) atoms. The summed E-state index contributed by atoms with van der Waals surface area (Å²) in [5, 5.41) is 22.4. The van der Waals surface area contributed by atoms with Crippen LogP contribution in [0.15, 0.2) is 54.6 Å². The molecule has 8 nitrogen and oxygen atoms in total. The Morgan fingerprint density at radius 2 is 1.33 bits per heavy atom. The van der Waals surface area contributed by atoms with E-state index in [1.54, 1.807) is 54.6 Å². The number of methoxy groups -OCH3 is 2. The molecule has 156 valence electrons. The highest BCUT2D eigenvalue weighted by atomic mass is 16.8. The molecule has 2 aliphatic carbocycles. The maximum absolute atomic E-state index is 13.4. The summed E-state index contributed by atoms with van der Waals surface area (Å²) in [5.74, 6) is -7.33. The molecule has 4 rings (SSSR count). The van der Waals surface area contributed by atoms with E-state index in [1.807, 2.05) is 0 Å². The molecule has 2 N–H and O–H groups in total. The largest absolute Gasteiger partial charge is 0.599 e. The Morgan fingerprint density at radius 3 is 1.73 bits per heavy atom. The SMILES string of the molecule is COC(=O)[C@@H]1C(=O)[C@H](C(=O)OC)[C@H]2c3ccccc3[C@H]1C2(c1ccccc1)[NH+]([O-])O. The predicted molar refractivity (Wildman–Crippen MR) is 102 cm³/mol. The summed E-state index contributed by atoms with van der Waals surface area (Å²) in [6.07, 6.45) is 0. The molecule has 2 unspecified atom stereocenters. The number of ether oxygens (including phenoxy) is 2. The number of rotatable bonds is 4. The minimum Gasteiger partial charge on any atom is -0.599 e. The molecule has 2 aromatic rings. The molecule has 1 fully saturated rings. The maximum atomic E-state index is 13.4. The van der Waals surface area contributed by atoms with Crippen LogP contribution < -0.4 is 5.23 Å². The van der Waals surface area contributed by atoms with Crippen molar-refractivity contribution < 1.29 is 34.3 Å². The minimum absolute atomic E-state index is 0.416. The van der Waals surface area contributed by atoms with E-state index in [9.17, 15) is 24.8 Å². The van der Waals surface area contributed by atoms with Gasteiger partial charge in [0, 0.05) is 5.56 Å². The second-order valence-electron chi connectivity index (χ2n) is 7.53. The number of ketones is 1. The summed E-state index contributed by atoms with van der Waals surface area (Å²) in [4.78, 5) is 39.0. The molecular weight excluding hydrogens is 390 g/mol. The topological polar surface area (TPSA) is 117 Å². The molecule has 2 aromatic carbocycles. The molecular formula is C22H21NO7. The van der Waals surface area contributed by atoms with E-state index < -0.39 is 52.2 Å². The van der Waals surface area contributed by atoms with Gasteiger partial charge < -0.3 is 14.7 Å². The maximum Gasteiger partial charge on any atom is 0.317 e. The van der Waals surface area contributed by atoms with Crippen LogP contribution in [0.4, 0.5) is 0 Å². The van der Waals surface area contributed by atoms with Gasteiger partial charge in [-0.15, -0.1) is 0 Å². The van der Waals surface area contributed by atoms with Crippen LogP contribution in [0.5, 0.6) is 0 Å². The van der Waals surface area contributed by atoms with E-state index >= 15 is 0 Å². The fraction of sp³-hybridized carbons (Fsp3) is 0.318. The summed E-state index contributed by atoms with van der Waals surface area (Å²) < 4.78 is 9.78. The zero-order valence-electron chi connectivity index (χ0n) is 16.4. The number of carbonyl (C=O) groups excluding carboxylic acids is 3. The highest BCUT2D eigenvalue weighted by molar-refractivity contribution is 6.11. The summed E-state index contributed by atoms with van der Waals surface area (Å²) >= 11 is 0. The number of esters is 2. The number of nitrogens with one attached hydrogen (secondary N) is 1. The van der Waals surface area contributed by atoms with Gasteiger partial charge in [-0.2, -0.15) is 0 Å². The first-order chi connectivity index (χ1) is 14.4. The molecule has 0 heterocycles. The third kappa shape index (κ3) is 2.48. The second kappa shape index (κ2) is 7.32. The van der Waals surface area contributed by atoms with Gasteiger partial charge in [0.05, 0.1) is 26.1 Å². The number of fused-ring (bicyclic) bond motifs is 5. The lowest BCUT2D eigenvalue weighted by Crippen LogP contribution is -3.14. The standard InChI is InChI=1S/C22H21NO7/c1-29-20(25)15-17-13-10-6-7-11-14(13)18(16(19(15)24)21(26)30-2)22(17,23(27)28)12-8-4-3-5-9-12/h3-11,15-18,23,27H,1-2H3/t15-,16+,17-,18-,22?/m1/s1. The smallest absolute Gasteiger partial charge is 0.317 e. The number of quaternary nitrogens is 1. The van der Waals surface area contributed by atoms with Crippen molar-refractivity contribution in [2.24, 2.45) is 11.8 Å². The molecule has 1 saturated carbocycles. The van der Waals surface area contributed by atoms with Crippen molar-refractivity contribution in [3.63, 3.8) is 0 Å². The molecule has 0 aromatic heterocycles. The van der Waals surface area contributed by atoms with Gasteiger partial charge in [-0.25, -0.2) is 10.4 Å². The van der Waals surface area contributed by atoms with Crippen LogP contribution in [0.3, 0.4) is 0 Å². The Hall–Kier alpha value is -3.07. The average molecular weight is 411 g/mol. The third-order valence-corrected chi connectivity index (χ3v) is 6.44. The summed E-state index contributed by atoms with van der Waals surface area (Å²) in [6, 6.07) is 15.3. The first-order valence-corrected chi connectivity index (χ1v) is 9.48. The Morgan fingerprint density at radius 1 is 0.900 bits per heavy atom. The van der Waals surface area contributed by atoms with Crippen LogP contribution in [0.2, 0.25) is 0 Å². The quantitative estimate of drug-likeness (QED) is 0.432. The number of hydroxylamine groups is 2. The van der Waals surface area contributed by atoms with Gasteiger partial charge in [-0.1, -0.05) is 54.6 Å². The van der Waals surface area contributed by atoms with Crippen molar-refractivity contribution in [2.45, 2.75) is 17.4 Å². The van der Waals surface area contributed by atoms with Crippen LogP contribution >= 0.6 is 0 Å². The van der Waals surface area contributed by atoms with Gasteiger partial charge >= 0.3 is 11.9 Å². The van der Waals surface area contributed by atoms with Crippen LogP contribution in [-0.2, 0) is 29.4 Å². The monoisotopic (exact) mass is 411 g/mol. The molecule has 6 atom stereocenters. The fourth-order valence-electron chi connectivity index (χ4n) is 5.39. The zero-order chi connectivity index (χ0) is 21.6. The lowest BCUT2D eigenvalue weighted by Gasteiger charge is -2.50.